The number of carbonyl (C=O) groups is 1. The van der Waals surface area contributed by atoms with Crippen molar-refractivity contribution in [3.63, 3.8) is 0 Å². The minimum atomic E-state index is -0.507. The third kappa shape index (κ3) is 6.19. The maximum Gasteiger partial charge on any atom is 0.407 e. The zero-order valence-corrected chi connectivity index (χ0v) is 12.2. The Labute approximate surface area is 118 Å². The fraction of sp³-hybridized carbons (Fsp3) is 0.467. The third-order valence-corrected chi connectivity index (χ3v) is 2.17. The standard InChI is InChI=1S/C15H19FN2O2/c1-11-9-12(10-18-13(11)16)7-5-6-8-17-14(19)20-15(2,3)4/h9-10H,6,8H2,1-4H3,(H,17,19). The SMILES string of the molecule is Cc1cc(C#CCCNC(=O)OC(C)(C)C)cnc1F. The molecule has 1 aromatic heterocycles. The second-order valence-corrected chi connectivity index (χ2v) is 5.31. The van der Waals surface area contributed by atoms with Gasteiger partial charge in [-0.15, -0.1) is 0 Å². The molecule has 4 nitrogen and oxygen atoms in total. The molecule has 0 unspecified atom stereocenters. The minimum Gasteiger partial charge on any atom is -0.444 e. The molecule has 0 saturated carbocycles. The van der Waals surface area contributed by atoms with Gasteiger partial charge in [-0.3, -0.25) is 0 Å². The zero-order valence-electron chi connectivity index (χ0n) is 12.2. The van der Waals surface area contributed by atoms with Gasteiger partial charge in [0.2, 0.25) is 5.95 Å². The molecule has 0 bridgehead atoms. The van der Waals surface area contributed by atoms with Crippen molar-refractivity contribution in [2.75, 3.05) is 6.54 Å². The lowest BCUT2D eigenvalue weighted by molar-refractivity contribution is 0.0529. The summed E-state index contributed by atoms with van der Waals surface area (Å²) in [4.78, 5) is 14.9. The first-order valence-electron chi connectivity index (χ1n) is 6.36. The van der Waals surface area contributed by atoms with Crippen LogP contribution in [0.15, 0.2) is 12.3 Å². The van der Waals surface area contributed by atoms with E-state index in [1.165, 1.54) is 6.20 Å². The van der Waals surface area contributed by atoms with E-state index in [2.05, 4.69) is 22.1 Å². The van der Waals surface area contributed by atoms with Gasteiger partial charge >= 0.3 is 6.09 Å². The summed E-state index contributed by atoms with van der Waals surface area (Å²) in [6, 6.07) is 1.64. The first kappa shape index (κ1) is 16.0. The first-order chi connectivity index (χ1) is 9.28. The summed E-state index contributed by atoms with van der Waals surface area (Å²) < 4.78 is 18.0. The molecule has 0 atom stereocenters. The van der Waals surface area contributed by atoms with Crippen LogP contribution in [0.25, 0.3) is 0 Å². The van der Waals surface area contributed by atoms with E-state index in [1.54, 1.807) is 33.8 Å². The summed E-state index contributed by atoms with van der Waals surface area (Å²) in [6.45, 7) is 7.44. The second-order valence-electron chi connectivity index (χ2n) is 5.31. The Balaban J connectivity index is 2.36. The van der Waals surface area contributed by atoms with Gasteiger partial charge in [0.25, 0.3) is 0 Å². The van der Waals surface area contributed by atoms with E-state index in [9.17, 15) is 9.18 Å². The molecule has 1 heterocycles. The maximum atomic E-state index is 12.9. The largest absolute Gasteiger partial charge is 0.444 e. The van der Waals surface area contributed by atoms with Gasteiger partial charge in [-0.05, 0) is 33.8 Å². The minimum absolute atomic E-state index is 0.398. The van der Waals surface area contributed by atoms with E-state index in [1.807, 2.05) is 0 Å². The molecule has 1 aromatic rings. The first-order valence-corrected chi connectivity index (χ1v) is 6.36. The Morgan fingerprint density at radius 3 is 2.80 bits per heavy atom. The number of aryl methyl sites for hydroxylation is 1. The topological polar surface area (TPSA) is 51.2 Å². The molecule has 0 aliphatic carbocycles. The summed E-state index contributed by atoms with van der Waals surface area (Å²) in [5.74, 6) is 5.26. The molecule has 0 aromatic carbocycles. The second kappa shape index (κ2) is 6.90. The lowest BCUT2D eigenvalue weighted by Gasteiger charge is -2.19. The Bertz CT molecular complexity index is 539. The molecular formula is C15H19FN2O2. The van der Waals surface area contributed by atoms with E-state index >= 15 is 0 Å². The fourth-order valence-electron chi connectivity index (χ4n) is 1.33. The monoisotopic (exact) mass is 278 g/mol. The van der Waals surface area contributed by atoms with Crippen LogP contribution in [0.2, 0.25) is 0 Å². The summed E-state index contributed by atoms with van der Waals surface area (Å²) in [5.41, 5.74) is 0.609. The lowest BCUT2D eigenvalue weighted by Crippen LogP contribution is -2.32. The van der Waals surface area contributed by atoms with E-state index in [0.29, 0.717) is 24.1 Å². The molecule has 0 saturated heterocycles. The van der Waals surface area contributed by atoms with E-state index in [4.69, 9.17) is 4.74 Å². The highest BCUT2D eigenvalue weighted by atomic mass is 19.1. The number of carbonyl (C=O) groups excluding carboxylic acids is 1. The number of hydrogen-bond acceptors (Lipinski definition) is 3. The maximum absolute atomic E-state index is 12.9. The lowest BCUT2D eigenvalue weighted by atomic mass is 10.2. The van der Waals surface area contributed by atoms with Gasteiger partial charge in [0, 0.05) is 30.3 Å². The molecule has 0 radical (unpaired) electrons. The molecule has 0 aliphatic heterocycles. The molecule has 1 rings (SSSR count). The van der Waals surface area contributed by atoms with Gasteiger partial charge in [-0.25, -0.2) is 9.78 Å². The Morgan fingerprint density at radius 2 is 2.20 bits per heavy atom. The summed E-state index contributed by atoms with van der Waals surface area (Å²) in [6.07, 6.45) is 1.41. The number of pyridine rings is 1. The van der Waals surface area contributed by atoms with Gasteiger partial charge in [-0.2, -0.15) is 4.39 Å². The van der Waals surface area contributed by atoms with Crippen molar-refractivity contribution < 1.29 is 13.9 Å². The van der Waals surface area contributed by atoms with Gasteiger partial charge < -0.3 is 10.1 Å². The highest BCUT2D eigenvalue weighted by molar-refractivity contribution is 5.67. The van der Waals surface area contributed by atoms with Crippen LogP contribution < -0.4 is 5.32 Å². The molecule has 1 amide bonds. The highest BCUT2D eigenvalue weighted by Gasteiger charge is 2.15. The summed E-state index contributed by atoms with van der Waals surface area (Å²) >= 11 is 0. The molecule has 0 aliphatic rings. The molecule has 0 fully saturated rings. The highest BCUT2D eigenvalue weighted by Crippen LogP contribution is 2.06. The molecule has 108 valence electrons. The number of rotatable bonds is 2. The van der Waals surface area contributed by atoms with Crippen LogP contribution in [0.3, 0.4) is 0 Å². The number of hydrogen-bond donors (Lipinski definition) is 1. The predicted octanol–water partition coefficient (Wildman–Crippen LogP) is 2.80. The number of alkyl carbamates (subject to hydrolysis) is 1. The Kier molecular flexibility index (Phi) is 5.51. The molecule has 20 heavy (non-hydrogen) atoms. The van der Waals surface area contributed by atoms with Crippen LogP contribution in [0.5, 0.6) is 0 Å². The van der Waals surface area contributed by atoms with Crippen LogP contribution in [-0.2, 0) is 4.74 Å². The van der Waals surface area contributed by atoms with E-state index in [-0.39, 0.29) is 0 Å². The van der Waals surface area contributed by atoms with E-state index in [0.717, 1.165) is 0 Å². The molecular weight excluding hydrogens is 259 g/mol. The van der Waals surface area contributed by atoms with Crippen molar-refractivity contribution in [2.45, 2.75) is 39.7 Å². The number of aromatic nitrogens is 1. The van der Waals surface area contributed by atoms with Crippen molar-refractivity contribution >= 4 is 6.09 Å². The average Bonchev–Trinajstić information content (AvgIpc) is 2.31. The van der Waals surface area contributed by atoms with Gasteiger partial charge in [0.1, 0.15) is 5.60 Å². The zero-order chi connectivity index (χ0) is 15.2. The van der Waals surface area contributed by atoms with Crippen LogP contribution in [0.4, 0.5) is 9.18 Å². The van der Waals surface area contributed by atoms with Crippen molar-refractivity contribution in [3.8, 4) is 11.8 Å². The number of ether oxygens (including phenoxy) is 1. The Hall–Kier alpha value is -2.09. The quantitative estimate of drug-likeness (QED) is 0.514. The molecule has 1 N–H and O–H groups in total. The van der Waals surface area contributed by atoms with Gasteiger partial charge in [0.15, 0.2) is 0 Å². The third-order valence-electron chi connectivity index (χ3n) is 2.17. The number of nitrogens with one attached hydrogen (secondary N) is 1. The van der Waals surface area contributed by atoms with Crippen molar-refractivity contribution in [1.82, 2.24) is 10.3 Å². The van der Waals surface area contributed by atoms with Crippen LogP contribution >= 0.6 is 0 Å². The van der Waals surface area contributed by atoms with Gasteiger partial charge in [-0.1, -0.05) is 11.8 Å². The predicted molar refractivity (Wildman–Crippen MR) is 74.7 cm³/mol. The number of amides is 1. The molecule has 5 heteroatoms. The van der Waals surface area contributed by atoms with Crippen molar-refractivity contribution in [1.29, 1.82) is 0 Å². The van der Waals surface area contributed by atoms with Crippen LogP contribution in [0.1, 0.15) is 38.3 Å². The Morgan fingerprint density at radius 1 is 1.50 bits per heavy atom. The van der Waals surface area contributed by atoms with Crippen molar-refractivity contribution in [2.24, 2.45) is 0 Å². The number of nitrogens with zero attached hydrogens (tertiary/aromatic N) is 1. The number of halogens is 1. The fourth-order valence-corrected chi connectivity index (χ4v) is 1.33. The van der Waals surface area contributed by atoms with Crippen LogP contribution in [0, 0.1) is 24.7 Å². The molecule has 0 spiro atoms. The average molecular weight is 278 g/mol. The van der Waals surface area contributed by atoms with Crippen molar-refractivity contribution in [3.05, 3.63) is 29.3 Å². The smallest absolute Gasteiger partial charge is 0.407 e. The summed E-state index contributed by atoms with van der Waals surface area (Å²) in [5, 5.41) is 2.61. The summed E-state index contributed by atoms with van der Waals surface area (Å²) in [7, 11) is 0. The normalized spacial score (nSPS) is 10.4. The van der Waals surface area contributed by atoms with E-state index < -0.39 is 17.6 Å². The van der Waals surface area contributed by atoms with Crippen LogP contribution in [-0.4, -0.2) is 23.2 Å². The van der Waals surface area contributed by atoms with Gasteiger partial charge in [0.05, 0.1) is 0 Å².